The number of aliphatic carboxylic acids is 1. The van der Waals surface area contributed by atoms with Gasteiger partial charge in [0, 0.05) is 24.0 Å². The normalized spacial score (nSPS) is 20.4. The van der Waals surface area contributed by atoms with E-state index in [0.29, 0.717) is 59.5 Å². The molecule has 0 radical (unpaired) electrons. The zero-order valence-electron chi connectivity index (χ0n) is 18.4. The fourth-order valence-corrected chi connectivity index (χ4v) is 4.47. The number of imidazole rings is 1. The van der Waals surface area contributed by atoms with Crippen molar-refractivity contribution in [3.8, 4) is 28.4 Å². The molecular formula is C25H22ClFN4O3. The van der Waals surface area contributed by atoms with Gasteiger partial charge in [0.1, 0.15) is 23.3 Å². The number of pyridine rings is 2. The number of nitrogens with one attached hydrogen (secondary N) is 1. The third-order valence-corrected chi connectivity index (χ3v) is 6.77. The molecule has 0 spiro atoms. The summed E-state index contributed by atoms with van der Waals surface area (Å²) in [6.07, 6.45) is 5.63. The van der Waals surface area contributed by atoms with Gasteiger partial charge in [-0.05, 0) is 62.4 Å². The third-order valence-electron chi connectivity index (χ3n) is 6.49. The van der Waals surface area contributed by atoms with Gasteiger partial charge in [0.05, 0.1) is 16.5 Å². The number of carboxylic acid groups (broad SMARTS) is 1. The summed E-state index contributed by atoms with van der Waals surface area (Å²) in [7, 11) is 0. The molecule has 9 heteroatoms. The van der Waals surface area contributed by atoms with Crippen molar-refractivity contribution in [1.82, 2.24) is 19.9 Å². The number of H-pyrrole nitrogens is 1. The second kappa shape index (κ2) is 8.68. The van der Waals surface area contributed by atoms with Crippen molar-refractivity contribution in [1.29, 1.82) is 0 Å². The predicted molar refractivity (Wildman–Crippen MR) is 126 cm³/mol. The van der Waals surface area contributed by atoms with Crippen LogP contribution < -0.4 is 4.74 Å². The van der Waals surface area contributed by atoms with Gasteiger partial charge in [-0.3, -0.25) is 4.79 Å². The van der Waals surface area contributed by atoms with Crippen LogP contribution in [0.1, 0.15) is 32.6 Å². The molecule has 0 atom stereocenters. The van der Waals surface area contributed by atoms with Crippen LogP contribution in [0.2, 0.25) is 5.15 Å². The Bertz CT molecular complexity index is 1360. The van der Waals surface area contributed by atoms with E-state index in [1.165, 1.54) is 6.07 Å². The summed E-state index contributed by atoms with van der Waals surface area (Å²) in [6.45, 7) is 1.78. The van der Waals surface area contributed by atoms with Gasteiger partial charge in [-0.2, -0.15) is 0 Å². The van der Waals surface area contributed by atoms with E-state index < -0.39 is 17.2 Å². The molecule has 0 aliphatic heterocycles. The van der Waals surface area contributed by atoms with Gasteiger partial charge >= 0.3 is 5.97 Å². The van der Waals surface area contributed by atoms with Crippen LogP contribution in [0.25, 0.3) is 33.5 Å². The lowest BCUT2D eigenvalue weighted by Gasteiger charge is -2.33. The van der Waals surface area contributed by atoms with Crippen LogP contribution in [0.15, 0.2) is 48.8 Å². The molecule has 0 bridgehead atoms. The molecule has 0 amide bonds. The Kier molecular flexibility index (Phi) is 5.69. The fraction of sp³-hybridized carbons (Fsp3) is 0.280. The summed E-state index contributed by atoms with van der Waals surface area (Å²) in [5.41, 5.74) is 2.24. The molecule has 34 heavy (non-hydrogen) atoms. The van der Waals surface area contributed by atoms with Gasteiger partial charge in [0.15, 0.2) is 5.15 Å². The second-order valence-corrected chi connectivity index (χ2v) is 9.20. The van der Waals surface area contributed by atoms with E-state index in [4.69, 9.17) is 16.3 Å². The van der Waals surface area contributed by atoms with Crippen LogP contribution in [0.5, 0.6) is 5.88 Å². The SMILES string of the molecule is CC1(C(=O)O)CCC(Oc2ccc(-c3ccc(-c4nc5c(Cl)nccc5[nH]4)c(F)c3)cn2)CC1. The molecule has 174 valence electrons. The number of carboxylic acids is 1. The van der Waals surface area contributed by atoms with E-state index >= 15 is 0 Å². The molecule has 3 aromatic heterocycles. The van der Waals surface area contributed by atoms with Crippen LogP contribution >= 0.6 is 11.6 Å². The lowest BCUT2D eigenvalue weighted by atomic mass is 9.75. The minimum atomic E-state index is -0.757. The summed E-state index contributed by atoms with van der Waals surface area (Å²) in [4.78, 5) is 27.2. The minimum absolute atomic E-state index is 0.0602. The molecule has 4 aromatic rings. The Morgan fingerprint density at radius 3 is 2.59 bits per heavy atom. The van der Waals surface area contributed by atoms with Crippen LogP contribution in [0.4, 0.5) is 4.39 Å². The number of halogens is 2. The van der Waals surface area contributed by atoms with E-state index in [9.17, 15) is 14.3 Å². The molecule has 7 nitrogen and oxygen atoms in total. The summed E-state index contributed by atoms with van der Waals surface area (Å²) >= 11 is 6.07. The summed E-state index contributed by atoms with van der Waals surface area (Å²) < 4.78 is 20.9. The molecule has 1 aromatic carbocycles. The maximum atomic E-state index is 15.0. The smallest absolute Gasteiger partial charge is 0.309 e. The van der Waals surface area contributed by atoms with E-state index in [-0.39, 0.29) is 11.3 Å². The van der Waals surface area contributed by atoms with Crippen molar-refractivity contribution in [2.45, 2.75) is 38.7 Å². The Labute approximate surface area is 200 Å². The highest BCUT2D eigenvalue weighted by Crippen LogP contribution is 2.37. The topological polar surface area (TPSA) is 101 Å². The molecule has 5 rings (SSSR count). The maximum absolute atomic E-state index is 15.0. The van der Waals surface area contributed by atoms with Crippen molar-refractivity contribution >= 4 is 28.6 Å². The summed E-state index contributed by atoms with van der Waals surface area (Å²) in [6, 6.07) is 10.2. The molecule has 1 aliphatic rings. The molecular weight excluding hydrogens is 459 g/mol. The molecule has 1 fully saturated rings. The Morgan fingerprint density at radius 1 is 1.18 bits per heavy atom. The Morgan fingerprint density at radius 2 is 1.94 bits per heavy atom. The number of hydrogen-bond acceptors (Lipinski definition) is 5. The van der Waals surface area contributed by atoms with Crippen molar-refractivity contribution in [2.75, 3.05) is 0 Å². The first-order valence-corrected chi connectivity index (χ1v) is 11.4. The predicted octanol–water partition coefficient (Wildman–Crippen LogP) is 5.89. The van der Waals surface area contributed by atoms with Gasteiger partial charge in [-0.1, -0.05) is 17.7 Å². The number of rotatable bonds is 5. The average molecular weight is 481 g/mol. The maximum Gasteiger partial charge on any atom is 0.309 e. The summed E-state index contributed by atoms with van der Waals surface area (Å²) in [5, 5.41) is 9.62. The second-order valence-electron chi connectivity index (χ2n) is 8.85. The average Bonchev–Trinajstić information content (AvgIpc) is 3.26. The van der Waals surface area contributed by atoms with E-state index in [1.54, 1.807) is 43.6 Å². The van der Waals surface area contributed by atoms with Crippen LogP contribution in [-0.2, 0) is 4.79 Å². The minimum Gasteiger partial charge on any atom is -0.481 e. The highest BCUT2D eigenvalue weighted by molar-refractivity contribution is 6.33. The van der Waals surface area contributed by atoms with Gasteiger partial charge < -0.3 is 14.8 Å². The van der Waals surface area contributed by atoms with Gasteiger partial charge in [0.25, 0.3) is 0 Å². The zero-order valence-corrected chi connectivity index (χ0v) is 19.1. The molecule has 0 saturated heterocycles. The van der Waals surface area contributed by atoms with Crippen molar-refractivity contribution in [3.63, 3.8) is 0 Å². The lowest BCUT2D eigenvalue weighted by molar-refractivity contribution is -0.150. The highest BCUT2D eigenvalue weighted by atomic mass is 35.5. The number of carbonyl (C=O) groups is 1. The first kappa shape index (κ1) is 22.3. The Balaban J connectivity index is 1.29. The van der Waals surface area contributed by atoms with Crippen molar-refractivity contribution in [3.05, 3.63) is 59.8 Å². The van der Waals surface area contributed by atoms with Crippen LogP contribution in [-0.4, -0.2) is 37.1 Å². The van der Waals surface area contributed by atoms with Crippen LogP contribution in [0.3, 0.4) is 0 Å². The fourth-order valence-electron chi connectivity index (χ4n) is 4.27. The number of aromatic amines is 1. The lowest BCUT2D eigenvalue weighted by Crippen LogP contribution is -2.36. The number of hydrogen-bond donors (Lipinski definition) is 2. The van der Waals surface area contributed by atoms with Gasteiger partial charge in [-0.25, -0.2) is 19.3 Å². The number of fused-ring (bicyclic) bond motifs is 1. The number of ether oxygens (including phenoxy) is 1. The largest absolute Gasteiger partial charge is 0.481 e. The van der Waals surface area contributed by atoms with Crippen molar-refractivity contribution < 1.29 is 19.0 Å². The first-order chi connectivity index (χ1) is 16.3. The zero-order chi connectivity index (χ0) is 23.9. The molecule has 2 N–H and O–H groups in total. The molecule has 1 saturated carbocycles. The first-order valence-electron chi connectivity index (χ1n) is 11.0. The summed E-state index contributed by atoms with van der Waals surface area (Å²) in [5.74, 6) is -0.336. The molecule has 0 unspecified atom stereocenters. The van der Waals surface area contributed by atoms with Gasteiger partial charge in [-0.15, -0.1) is 0 Å². The van der Waals surface area contributed by atoms with E-state index in [2.05, 4.69) is 19.9 Å². The number of benzene rings is 1. The molecule has 3 heterocycles. The van der Waals surface area contributed by atoms with E-state index in [1.807, 2.05) is 6.07 Å². The highest BCUT2D eigenvalue weighted by Gasteiger charge is 2.38. The van der Waals surface area contributed by atoms with E-state index in [0.717, 1.165) is 5.56 Å². The molecule has 1 aliphatic carbocycles. The quantitative estimate of drug-likeness (QED) is 0.345. The van der Waals surface area contributed by atoms with Crippen molar-refractivity contribution in [2.24, 2.45) is 5.41 Å². The third kappa shape index (κ3) is 4.21. The number of nitrogens with zero attached hydrogens (tertiary/aromatic N) is 3. The van der Waals surface area contributed by atoms with Crippen LogP contribution in [0, 0.1) is 11.2 Å². The standard InChI is InChI=1S/C25H22ClFN4O3/c1-25(24(32)33)9-6-16(7-10-25)34-20-5-3-15(13-29-20)14-2-4-17(18(27)12-14)23-30-19-8-11-28-22(26)21(19)31-23/h2-5,8,11-13,16H,6-7,9-10H2,1H3,(H,30,31)(H,32,33). The Hall–Kier alpha value is -3.52. The number of aromatic nitrogens is 4. The van der Waals surface area contributed by atoms with Gasteiger partial charge in [0.2, 0.25) is 5.88 Å². The monoisotopic (exact) mass is 480 g/mol.